The number of rotatable bonds is 8. The van der Waals surface area contributed by atoms with Gasteiger partial charge in [-0.05, 0) is 51.7 Å². The maximum atomic E-state index is 14.5. The van der Waals surface area contributed by atoms with Crippen LogP contribution in [0.25, 0.3) is 0 Å². The molecule has 3 N–H and O–H groups in total. The van der Waals surface area contributed by atoms with Crippen molar-refractivity contribution in [1.82, 2.24) is 14.9 Å². The average molecular weight is 508 g/mol. The van der Waals surface area contributed by atoms with Crippen molar-refractivity contribution in [3.8, 4) is 11.5 Å². The van der Waals surface area contributed by atoms with Gasteiger partial charge < -0.3 is 25.2 Å². The molecule has 0 bridgehead atoms. The van der Waals surface area contributed by atoms with Crippen molar-refractivity contribution in [2.24, 2.45) is 0 Å². The first-order chi connectivity index (χ1) is 17.2. The molecule has 1 aromatic carbocycles. The molecule has 11 heteroatoms. The van der Waals surface area contributed by atoms with Gasteiger partial charge in [-0.2, -0.15) is 13.8 Å². The lowest BCUT2D eigenvalue weighted by molar-refractivity contribution is -0.0557. The van der Waals surface area contributed by atoms with Crippen LogP contribution in [0.3, 0.4) is 0 Å². The molecule has 3 fully saturated rings. The Bertz CT molecular complexity index is 1080. The Morgan fingerprint density at radius 2 is 1.97 bits per heavy atom. The van der Waals surface area contributed by atoms with Crippen molar-refractivity contribution < 1.29 is 27.8 Å². The highest BCUT2D eigenvalue weighted by atomic mass is 19.3. The number of hydrogen-bond donors (Lipinski definition) is 3. The van der Waals surface area contributed by atoms with Crippen LogP contribution in [-0.4, -0.2) is 63.0 Å². The molecule has 0 spiro atoms. The van der Waals surface area contributed by atoms with Crippen molar-refractivity contribution in [3.63, 3.8) is 0 Å². The Hall–Kier alpha value is -2.79. The molecule has 196 valence electrons. The van der Waals surface area contributed by atoms with Crippen LogP contribution < -0.4 is 20.1 Å². The normalized spacial score (nSPS) is 27.3. The summed E-state index contributed by atoms with van der Waals surface area (Å²) in [6.45, 7) is 2.46. The van der Waals surface area contributed by atoms with Gasteiger partial charge in [0.15, 0.2) is 23.1 Å². The first-order valence-electron chi connectivity index (χ1n) is 12.4. The van der Waals surface area contributed by atoms with Gasteiger partial charge in [0.25, 0.3) is 0 Å². The minimum absolute atomic E-state index is 0.102. The van der Waals surface area contributed by atoms with Crippen molar-refractivity contribution in [2.45, 2.75) is 88.8 Å². The van der Waals surface area contributed by atoms with Crippen molar-refractivity contribution in [3.05, 3.63) is 30.2 Å². The molecule has 2 saturated heterocycles. The smallest absolute Gasteiger partial charge is 0.387 e. The van der Waals surface area contributed by atoms with Gasteiger partial charge in [-0.25, -0.2) is 9.37 Å². The molecule has 1 saturated carbocycles. The van der Waals surface area contributed by atoms with Gasteiger partial charge in [-0.15, -0.1) is 0 Å². The van der Waals surface area contributed by atoms with Crippen molar-refractivity contribution in [2.75, 3.05) is 17.2 Å². The van der Waals surface area contributed by atoms with Crippen LogP contribution in [0, 0.1) is 5.82 Å². The Labute approximate surface area is 208 Å². The summed E-state index contributed by atoms with van der Waals surface area (Å²) in [6, 6.07) is 5.05. The van der Waals surface area contributed by atoms with E-state index in [1.807, 2.05) is 0 Å². The lowest BCUT2D eigenvalue weighted by Crippen LogP contribution is -2.50. The molecule has 0 radical (unpaired) electrons. The molecule has 36 heavy (non-hydrogen) atoms. The summed E-state index contributed by atoms with van der Waals surface area (Å²) in [4.78, 5) is 10.8. The molecule has 0 amide bonds. The van der Waals surface area contributed by atoms with Crippen molar-refractivity contribution in [1.29, 1.82) is 0 Å². The van der Waals surface area contributed by atoms with Gasteiger partial charge >= 0.3 is 6.61 Å². The van der Waals surface area contributed by atoms with E-state index in [4.69, 9.17) is 4.74 Å². The van der Waals surface area contributed by atoms with E-state index in [9.17, 15) is 18.3 Å². The second-order valence-corrected chi connectivity index (χ2v) is 10.5. The third-order valence-electron chi connectivity index (χ3n) is 7.45. The molecule has 0 unspecified atom stereocenters. The summed E-state index contributed by atoms with van der Waals surface area (Å²) in [5.74, 6) is -0.319. The molecule has 5 rings (SSSR count). The molecular weight excluding hydrogens is 475 g/mol. The molecule has 1 aromatic heterocycles. The lowest BCUT2D eigenvalue weighted by atomic mass is 9.92. The third kappa shape index (κ3) is 5.46. The monoisotopic (exact) mass is 507 g/mol. The first-order valence-corrected chi connectivity index (χ1v) is 12.4. The maximum absolute atomic E-state index is 14.5. The van der Waals surface area contributed by atoms with Gasteiger partial charge in [0.2, 0.25) is 5.95 Å². The quantitative estimate of drug-likeness (QED) is 0.475. The molecule has 2 aromatic rings. The molecule has 8 nitrogen and oxygen atoms in total. The molecule has 3 heterocycles. The number of ether oxygens (including phenoxy) is 2. The topological polar surface area (TPSA) is 91.8 Å². The van der Waals surface area contributed by atoms with Gasteiger partial charge in [-0.1, -0.05) is 0 Å². The number of benzene rings is 1. The largest absolute Gasteiger partial charge is 0.486 e. The van der Waals surface area contributed by atoms with Crippen molar-refractivity contribution >= 4 is 17.5 Å². The zero-order valence-electron chi connectivity index (χ0n) is 20.4. The zero-order chi connectivity index (χ0) is 25.4. The Kier molecular flexibility index (Phi) is 6.86. The third-order valence-corrected chi connectivity index (χ3v) is 7.45. The summed E-state index contributed by atoms with van der Waals surface area (Å²) in [6.07, 6.45) is 5.36. The molecule has 3 aliphatic rings. The molecule has 1 aliphatic carbocycles. The molecule has 2 aliphatic heterocycles. The van der Waals surface area contributed by atoms with Gasteiger partial charge in [0.1, 0.15) is 6.10 Å². The molecular formula is C25H32F3N5O3. The van der Waals surface area contributed by atoms with E-state index >= 15 is 0 Å². The van der Waals surface area contributed by atoms with Gasteiger partial charge in [0, 0.05) is 48.8 Å². The number of halogens is 3. The summed E-state index contributed by atoms with van der Waals surface area (Å²) < 4.78 is 50.8. The van der Waals surface area contributed by atoms with Crippen LogP contribution in [0.2, 0.25) is 0 Å². The predicted molar refractivity (Wildman–Crippen MR) is 128 cm³/mol. The Balaban J connectivity index is 1.26. The summed E-state index contributed by atoms with van der Waals surface area (Å²) in [7, 11) is 0. The molecule has 2 atom stereocenters. The summed E-state index contributed by atoms with van der Waals surface area (Å²) in [5, 5.41) is 15.6. The van der Waals surface area contributed by atoms with E-state index < -0.39 is 18.5 Å². The number of anilines is 3. The number of hydrogen-bond acceptors (Lipinski definition) is 8. The van der Waals surface area contributed by atoms with Gasteiger partial charge in [-0.3, -0.25) is 4.90 Å². The number of piperidine rings is 1. The fourth-order valence-corrected chi connectivity index (χ4v) is 5.45. The van der Waals surface area contributed by atoms with Gasteiger partial charge in [0.05, 0.1) is 12.3 Å². The van der Waals surface area contributed by atoms with Crippen LogP contribution in [0.15, 0.2) is 24.4 Å². The van der Waals surface area contributed by atoms with E-state index in [0.29, 0.717) is 24.6 Å². The van der Waals surface area contributed by atoms with Crippen LogP contribution in [0.1, 0.15) is 52.4 Å². The van der Waals surface area contributed by atoms with E-state index in [1.165, 1.54) is 12.1 Å². The minimum Gasteiger partial charge on any atom is -0.486 e. The second-order valence-electron chi connectivity index (χ2n) is 10.5. The SMILES string of the molecule is CC1(C)CC[C@@H]2C[C@@H](Nc3nc(Nc4ccc(OC5CC(O)C5)c(OC(F)F)c4)ncc3F)CCN21. The Morgan fingerprint density at radius 1 is 1.17 bits per heavy atom. The van der Waals surface area contributed by atoms with E-state index in [1.54, 1.807) is 6.07 Å². The van der Waals surface area contributed by atoms with E-state index in [-0.39, 0.29) is 40.9 Å². The van der Waals surface area contributed by atoms with E-state index in [2.05, 4.69) is 44.1 Å². The highest BCUT2D eigenvalue weighted by Crippen LogP contribution is 2.39. The van der Waals surface area contributed by atoms with Crippen LogP contribution in [0.5, 0.6) is 11.5 Å². The average Bonchev–Trinajstić information content (AvgIpc) is 3.10. The lowest BCUT2D eigenvalue weighted by Gasteiger charge is -2.42. The predicted octanol–water partition coefficient (Wildman–Crippen LogP) is 4.68. The minimum atomic E-state index is -3.04. The highest BCUT2D eigenvalue weighted by molar-refractivity contribution is 5.60. The van der Waals surface area contributed by atoms with E-state index in [0.717, 1.165) is 38.4 Å². The standard InChI is InChI=1S/C25H32F3N5O3/c1-25(2)7-5-16-9-15(6-8-33(16)25)30-22-19(26)13-29-24(32-22)31-14-3-4-20(21(10-14)36-23(27)28)35-18-11-17(34)12-18/h3-4,10,13,15-18,23,34H,5-9,11-12H2,1-2H3,(H2,29,30,31,32)/t15-,16+,17?,18?/m0/s1. The number of nitrogens with one attached hydrogen (secondary N) is 2. The number of alkyl halides is 2. The number of aliphatic hydroxyl groups excluding tert-OH is 1. The second kappa shape index (κ2) is 9.93. The number of aromatic nitrogens is 2. The van der Waals surface area contributed by atoms with Crippen LogP contribution in [0.4, 0.5) is 30.6 Å². The number of fused-ring (bicyclic) bond motifs is 1. The maximum Gasteiger partial charge on any atom is 0.387 e. The van der Waals surface area contributed by atoms with Crippen LogP contribution in [-0.2, 0) is 0 Å². The summed E-state index contributed by atoms with van der Waals surface area (Å²) in [5.41, 5.74) is 0.588. The zero-order valence-corrected chi connectivity index (χ0v) is 20.4. The van der Waals surface area contributed by atoms with Crippen LogP contribution >= 0.6 is 0 Å². The highest BCUT2D eigenvalue weighted by Gasteiger charge is 2.42. The fourth-order valence-electron chi connectivity index (χ4n) is 5.45. The Morgan fingerprint density at radius 3 is 2.72 bits per heavy atom. The summed E-state index contributed by atoms with van der Waals surface area (Å²) >= 11 is 0. The first kappa shape index (κ1) is 24.9. The number of aliphatic hydroxyl groups is 1. The number of nitrogens with zero attached hydrogens (tertiary/aromatic N) is 3. The fraction of sp³-hybridized carbons (Fsp3) is 0.600.